The van der Waals surface area contributed by atoms with Crippen molar-refractivity contribution in [1.29, 1.82) is 0 Å². The zero-order chi connectivity index (χ0) is 19.9. The largest absolute Gasteiger partial charge is 0.496 e. The number of amides is 2. The number of carbonyl (C=O) groups is 2. The molecule has 2 heterocycles. The molecule has 2 unspecified atom stereocenters. The molecule has 1 aliphatic heterocycles. The number of hydrogen-bond donors (Lipinski definition) is 2. The van der Waals surface area contributed by atoms with Gasteiger partial charge in [-0.05, 0) is 45.0 Å². The number of carbonyl (C=O) groups excluding carboxylic acids is 2. The van der Waals surface area contributed by atoms with Crippen molar-refractivity contribution in [3.05, 3.63) is 54.0 Å². The van der Waals surface area contributed by atoms with E-state index < -0.39 is 6.04 Å². The van der Waals surface area contributed by atoms with Crippen molar-refractivity contribution in [2.45, 2.75) is 31.8 Å². The van der Waals surface area contributed by atoms with Crippen molar-refractivity contribution in [2.75, 3.05) is 26.7 Å². The molecule has 0 bridgehead atoms. The second-order valence-corrected chi connectivity index (χ2v) is 6.95. The van der Waals surface area contributed by atoms with E-state index in [-0.39, 0.29) is 17.9 Å². The number of rotatable bonds is 8. The second-order valence-electron chi connectivity index (χ2n) is 6.95. The molecule has 2 N–H and O–H groups in total. The average molecular weight is 385 g/mol. The van der Waals surface area contributed by atoms with E-state index in [1.54, 1.807) is 20.1 Å². The molecule has 7 heteroatoms. The lowest BCUT2D eigenvalue weighted by Gasteiger charge is -2.29. The predicted octanol–water partition coefficient (Wildman–Crippen LogP) is 2.36. The molecule has 0 spiro atoms. The fraction of sp³-hybridized carbons (Fsp3) is 0.429. The van der Waals surface area contributed by atoms with Crippen molar-refractivity contribution in [1.82, 2.24) is 15.5 Å². The average Bonchev–Trinajstić information content (AvgIpc) is 3.42. The molecule has 150 valence electrons. The zero-order valence-electron chi connectivity index (χ0n) is 16.3. The van der Waals surface area contributed by atoms with Crippen LogP contribution in [0.1, 0.15) is 41.7 Å². The number of hydrogen-bond acceptors (Lipinski definition) is 5. The molecule has 1 aromatic carbocycles. The minimum Gasteiger partial charge on any atom is -0.496 e. The van der Waals surface area contributed by atoms with Crippen LogP contribution in [-0.2, 0) is 4.79 Å². The van der Waals surface area contributed by atoms with Crippen molar-refractivity contribution in [3.8, 4) is 5.75 Å². The summed E-state index contributed by atoms with van der Waals surface area (Å²) in [6, 6.07) is 8.84. The van der Waals surface area contributed by atoms with Crippen LogP contribution in [0.3, 0.4) is 0 Å². The van der Waals surface area contributed by atoms with Crippen LogP contribution in [-0.4, -0.2) is 49.5 Å². The van der Waals surface area contributed by atoms with Gasteiger partial charge in [0.05, 0.1) is 25.0 Å². The lowest BCUT2D eigenvalue weighted by molar-refractivity contribution is -0.122. The Labute approximate surface area is 165 Å². The van der Waals surface area contributed by atoms with Crippen molar-refractivity contribution in [2.24, 2.45) is 0 Å². The van der Waals surface area contributed by atoms with Gasteiger partial charge in [-0.2, -0.15) is 0 Å². The third-order valence-electron chi connectivity index (χ3n) is 5.07. The molecular formula is C21H27N3O4. The van der Waals surface area contributed by atoms with E-state index in [0.29, 0.717) is 12.1 Å². The Balaban J connectivity index is 1.64. The number of nitrogens with zero attached hydrogens (tertiary/aromatic N) is 1. The first-order chi connectivity index (χ1) is 13.6. The van der Waals surface area contributed by atoms with E-state index >= 15 is 0 Å². The molecule has 0 aliphatic carbocycles. The number of benzene rings is 1. The van der Waals surface area contributed by atoms with Gasteiger partial charge in [-0.3, -0.25) is 14.5 Å². The summed E-state index contributed by atoms with van der Waals surface area (Å²) in [5.74, 6) is 0.253. The fourth-order valence-corrected chi connectivity index (χ4v) is 3.52. The molecule has 3 rings (SSSR count). The first kappa shape index (κ1) is 19.9. The summed E-state index contributed by atoms with van der Waals surface area (Å²) < 4.78 is 10.4. The van der Waals surface area contributed by atoms with Gasteiger partial charge in [0.1, 0.15) is 18.1 Å². The van der Waals surface area contributed by atoms with E-state index in [4.69, 9.17) is 9.15 Å². The van der Waals surface area contributed by atoms with Gasteiger partial charge in [-0.1, -0.05) is 18.2 Å². The van der Waals surface area contributed by atoms with Crippen LogP contribution in [0.5, 0.6) is 5.75 Å². The first-order valence-corrected chi connectivity index (χ1v) is 9.58. The van der Waals surface area contributed by atoms with E-state index in [9.17, 15) is 9.59 Å². The standard InChI is InChI=1S/C21H27N3O4/c1-15(23-21(26)16-9-12-28-14-16)20(25)22-13-18(24-10-5-6-11-24)17-7-3-4-8-19(17)27-2/h3-4,7-9,12,14-15,18H,5-6,10-11,13H2,1-2H3,(H,22,25)(H,23,26). The van der Waals surface area contributed by atoms with Crippen LogP contribution < -0.4 is 15.4 Å². The smallest absolute Gasteiger partial charge is 0.255 e. The maximum Gasteiger partial charge on any atom is 0.255 e. The number of likely N-dealkylation sites (tertiary alicyclic amines) is 1. The van der Waals surface area contributed by atoms with Gasteiger partial charge < -0.3 is 19.8 Å². The van der Waals surface area contributed by atoms with Gasteiger partial charge in [-0.15, -0.1) is 0 Å². The van der Waals surface area contributed by atoms with Crippen LogP contribution in [0.2, 0.25) is 0 Å². The van der Waals surface area contributed by atoms with Gasteiger partial charge in [0, 0.05) is 12.1 Å². The molecule has 0 radical (unpaired) electrons. The summed E-state index contributed by atoms with van der Waals surface area (Å²) in [7, 11) is 1.66. The van der Waals surface area contributed by atoms with Gasteiger partial charge in [0.25, 0.3) is 5.91 Å². The summed E-state index contributed by atoms with van der Waals surface area (Å²) in [6.45, 7) is 4.10. The summed E-state index contributed by atoms with van der Waals surface area (Å²) in [4.78, 5) is 27.0. The van der Waals surface area contributed by atoms with E-state index in [1.807, 2.05) is 24.3 Å². The molecular weight excluding hydrogens is 358 g/mol. The maximum absolute atomic E-state index is 12.6. The molecule has 0 saturated carbocycles. The number of ether oxygens (including phenoxy) is 1. The number of nitrogens with one attached hydrogen (secondary N) is 2. The minimum atomic E-state index is -0.653. The first-order valence-electron chi connectivity index (χ1n) is 9.58. The molecule has 1 aliphatic rings. The Morgan fingerprint density at radius 2 is 1.96 bits per heavy atom. The molecule has 1 fully saturated rings. The number of para-hydroxylation sites is 1. The maximum atomic E-state index is 12.6. The third-order valence-corrected chi connectivity index (χ3v) is 5.07. The number of methoxy groups -OCH3 is 1. The Morgan fingerprint density at radius 1 is 1.21 bits per heavy atom. The van der Waals surface area contributed by atoms with Gasteiger partial charge >= 0.3 is 0 Å². The van der Waals surface area contributed by atoms with Gasteiger partial charge in [-0.25, -0.2) is 0 Å². The lowest BCUT2D eigenvalue weighted by atomic mass is 10.0. The van der Waals surface area contributed by atoms with Crippen molar-refractivity contribution < 1.29 is 18.7 Å². The lowest BCUT2D eigenvalue weighted by Crippen LogP contribution is -2.47. The van der Waals surface area contributed by atoms with Crippen molar-refractivity contribution >= 4 is 11.8 Å². The second kappa shape index (κ2) is 9.41. The van der Waals surface area contributed by atoms with Crippen LogP contribution >= 0.6 is 0 Å². The number of furan rings is 1. The summed E-state index contributed by atoms with van der Waals surface area (Å²) in [5, 5.41) is 5.67. The van der Waals surface area contributed by atoms with Crippen LogP contribution in [0.4, 0.5) is 0 Å². The fourth-order valence-electron chi connectivity index (χ4n) is 3.52. The molecule has 2 aromatic rings. The predicted molar refractivity (Wildman–Crippen MR) is 105 cm³/mol. The van der Waals surface area contributed by atoms with Gasteiger partial charge in [0.15, 0.2) is 0 Å². The van der Waals surface area contributed by atoms with E-state index in [2.05, 4.69) is 15.5 Å². The minimum absolute atomic E-state index is 0.0272. The van der Waals surface area contributed by atoms with Gasteiger partial charge in [0.2, 0.25) is 5.91 Å². The quantitative estimate of drug-likeness (QED) is 0.729. The third kappa shape index (κ3) is 4.72. The Bertz CT molecular complexity index is 785. The van der Waals surface area contributed by atoms with Crippen LogP contribution in [0.25, 0.3) is 0 Å². The molecule has 1 saturated heterocycles. The topological polar surface area (TPSA) is 83.8 Å². The SMILES string of the molecule is COc1ccccc1C(CNC(=O)C(C)NC(=O)c1ccoc1)N1CCCC1. The molecule has 7 nitrogen and oxygen atoms in total. The van der Waals surface area contributed by atoms with Crippen LogP contribution in [0, 0.1) is 0 Å². The normalized spacial score (nSPS) is 16.4. The summed E-state index contributed by atoms with van der Waals surface area (Å²) in [5.41, 5.74) is 1.45. The van der Waals surface area contributed by atoms with E-state index in [1.165, 1.54) is 12.5 Å². The Hall–Kier alpha value is -2.80. The van der Waals surface area contributed by atoms with Crippen LogP contribution in [0.15, 0.2) is 47.3 Å². The molecule has 28 heavy (non-hydrogen) atoms. The Morgan fingerprint density at radius 3 is 2.64 bits per heavy atom. The Kier molecular flexibility index (Phi) is 6.71. The molecule has 1 aromatic heterocycles. The molecule has 2 amide bonds. The molecule has 2 atom stereocenters. The highest BCUT2D eigenvalue weighted by Crippen LogP contribution is 2.31. The highest BCUT2D eigenvalue weighted by atomic mass is 16.5. The monoisotopic (exact) mass is 385 g/mol. The highest BCUT2D eigenvalue weighted by Gasteiger charge is 2.27. The van der Waals surface area contributed by atoms with E-state index in [0.717, 1.165) is 37.2 Å². The summed E-state index contributed by atoms with van der Waals surface area (Å²) >= 11 is 0. The highest BCUT2D eigenvalue weighted by molar-refractivity contribution is 5.97. The zero-order valence-corrected chi connectivity index (χ0v) is 16.3. The summed E-state index contributed by atoms with van der Waals surface area (Å²) in [6.07, 6.45) is 5.08. The van der Waals surface area contributed by atoms with Crippen molar-refractivity contribution in [3.63, 3.8) is 0 Å².